The Morgan fingerprint density at radius 3 is 2.32 bits per heavy atom. The van der Waals surface area contributed by atoms with Gasteiger partial charge in [0, 0.05) is 23.6 Å². The molecule has 11 heteroatoms. The van der Waals surface area contributed by atoms with Gasteiger partial charge in [0.25, 0.3) is 5.56 Å². The highest BCUT2D eigenvalue weighted by Crippen LogP contribution is 2.36. The van der Waals surface area contributed by atoms with Gasteiger partial charge in [-0.05, 0) is 42.5 Å². The Bertz CT molecular complexity index is 1690. The molecule has 1 aliphatic heterocycles. The lowest BCUT2D eigenvalue weighted by molar-refractivity contribution is -0.0240. The number of nitrogen functional groups attached to an aromatic ring is 1. The Balaban J connectivity index is 1.63. The first-order valence-electron chi connectivity index (χ1n) is 11.4. The molecule has 0 bridgehead atoms. The summed E-state index contributed by atoms with van der Waals surface area (Å²) in [5, 5.41) is 4.37. The van der Waals surface area contributed by atoms with Crippen molar-refractivity contribution >= 4 is 11.6 Å². The Labute approximate surface area is 207 Å². The van der Waals surface area contributed by atoms with Crippen LogP contribution in [0.1, 0.15) is 17.4 Å². The largest absolute Gasteiger partial charge is 0.377 e. The SMILES string of the molecule is Nc1nc(-c2ccc(F)cc2)c(-c2cccc(=O)n2C2COC2)c2nc(Cc3c(F)cccc3F)nn12. The van der Waals surface area contributed by atoms with E-state index in [2.05, 4.69) is 15.1 Å². The molecule has 0 atom stereocenters. The zero-order valence-corrected chi connectivity index (χ0v) is 19.2. The van der Waals surface area contributed by atoms with Crippen molar-refractivity contribution in [3.05, 3.63) is 99.9 Å². The number of hydrogen-bond acceptors (Lipinski definition) is 6. The topological polar surface area (TPSA) is 100 Å². The lowest BCUT2D eigenvalue weighted by Gasteiger charge is -2.30. The molecule has 0 saturated carbocycles. The second-order valence-electron chi connectivity index (χ2n) is 8.65. The first-order chi connectivity index (χ1) is 17.9. The first-order valence-corrected chi connectivity index (χ1v) is 11.4. The number of fused-ring (bicyclic) bond motifs is 1. The zero-order chi connectivity index (χ0) is 25.7. The highest BCUT2D eigenvalue weighted by atomic mass is 19.1. The van der Waals surface area contributed by atoms with Crippen LogP contribution < -0.4 is 11.3 Å². The van der Waals surface area contributed by atoms with Gasteiger partial charge in [0.05, 0.1) is 36.2 Å². The molecule has 1 saturated heterocycles. The summed E-state index contributed by atoms with van der Waals surface area (Å²) in [7, 11) is 0. The van der Waals surface area contributed by atoms with E-state index in [0.717, 1.165) is 12.1 Å². The normalized spacial score (nSPS) is 13.7. The van der Waals surface area contributed by atoms with Crippen LogP contribution in [0.2, 0.25) is 0 Å². The summed E-state index contributed by atoms with van der Waals surface area (Å²) in [6.45, 7) is 0.706. The standard InChI is InChI=1S/C26H19F3N6O2/c27-15-9-7-14(8-10-15)24-23(20-5-2-6-22(36)34(20)16-12-37-13-16)25-31-21(33-35(25)26(30)32-24)11-17-18(28)3-1-4-19(17)29/h1-10,16H,11-13H2,(H2,30,32). The second-order valence-corrected chi connectivity index (χ2v) is 8.65. The number of pyridine rings is 1. The van der Waals surface area contributed by atoms with Gasteiger partial charge in [-0.15, -0.1) is 5.10 Å². The van der Waals surface area contributed by atoms with Crippen LogP contribution in [-0.4, -0.2) is 37.4 Å². The quantitative estimate of drug-likeness (QED) is 0.391. The van der Waals surface area contributed by atoms with Gasteiger partial charge < -0.3 is 15.0 Å². The number of hydrogen-bond donors (Lipinski definition) is 1. The smallest absolute Gasteiger partial charge is 0.251 e. The molecule has 0 spiro atoms. The summed E-state index contributed by atoms with van der Waals surface area (Å²) in [6.07, 6.45) is -0.233. The van der Waals surface area contributed by atoms with Crippen LogP contribution in [0.3, 0.4) is 0 Å². The third-order valence-corrected chi connectivity index (χ3v) is 6.30. The Morgan fingerprint density at radius 1 is 0.946 bits per heavy atom. The lowest BCUT2D eigenvalue weighted by Crippen LogP contribution is -2.38. The molecule has 0 unspecified atom stereocenters. The summed E-state index contributed by atoms with van der Waals surface area (Å²) in [5.41, 5.74) is 7.81. The van der Waals surface area contributed by atoms with Crippen molar-refractivity contribution in [3.63, 3.8) is 0 Å². The number of benzene rings is 2. The van der Waals surface area contributed by atoms with E-state index in [1.54, 1.807) is 28.8 Å². The van der Waals surface area contributed by atoms with E-state index in [1.165, 1.54) is 28.8 Å². The van der Waals surface area contributed by atoms with Gasteiger partial charge in [-0.1, -0.05) is 12.1 Å². The van der Waals surface area contributed by atoms with Crippen LogP contribution in [0, 0.1) is 17.5 Å². The predicted molar refractivity (Wildman–Crippen MR) is 129 cm³/mol. The number of ether oxygens (including phenoxy) is 1. The Morgan fingerprint density at radius 2 is 1.65 bits per heavy atom. The summed E-state index contributed by atoms with van der Waals surface area (Å²) in [6, 6.07) is 13.8. The molecule has 37 heavy (non-hydrogen) atoms. The van der Waals surface area contributed by atoms with E-state index in [1.807, 2.05) is 0 Å². The average molecular weight is 504 g/mol. The molecule has 0 radical (unpaired) electrons. The molecule has 1 fully saturated rings. The molecule has 2 N–H and O–H groups in total. The predicted octanol–water partition coefficient (Wildman–Crippen LogP) is 3.78. The molecule has 0 aliphatic carbocycles. The number of nitrogens with two attached hydrogens (primary N) is 1. The molecule has 186 valence electrons. The van der Waals surface area contributed by atoms with Crippen molar-refractivity contribution in [2.24, 2.45) is 0 Å². The fourth-order valence-electron chi connectivity index (χ4n) is 4.44. The number of rotatable bonds is 5. The number of nitrogens with zero attached hydrogens (tertiary/aromatic N) is 5. The van der Waals surface area contributed by atoms with Crippen molar-refractivity contribution in [2.45, 2.75) is 12.5 Å². The molecule has 1 aliphatic rings. The first kappa shape index (κ1) is 22.9. The molecule has 5 aromatic rings. The fraction of sp³-hybridized carbons (Fsp3) is 0.154. The van der Waals surface area contributed by atoms with E-state index < -0.39 is 17.5 Å². The molecule has 8 nitrogen and oxygen atoms in total. The van der Waals surface area contributed by atoms with Crippen molar-refractivity contribution in [2.75, 3.05) is 18.9 Å². The minimum atomic E-state index is -0.723. The van der Waals surface area contributed by atoms with E-state index in [-0.39, 0.29) is 41.0 Å². The van der Waals surface area contributed by atoms with Gasteiger partial charge in [-0.25, -0.2) is 23.1 Å². The maximum atomic E-state index is 14.3. The average Bonchev–Trinajstić information content (AvgIpc) is 3.27. The van der Waals surface area contributed by atoms with E-state index >= 15 is 0 Å². The van der Waals surface area contributed by atoms with Crippen LogP contribution in [0.5, 0.6) is 0 Å². The number of aromatic nitrogens is 5. The zero-order valence-electron chi connectivity index (χ0n) is 19.2. The molecule has 0 amide bonds. The molecular weight excluding hydrogens is 485 g/mol. The lowest BCUT2D eigenvalue weighted by atomic mass is 10.0. The third kappa shape index (κ3) is 3.93. The molecular formula is C26H19F3N6O2. The van der Waals surface area contributed by atoms with Crippen LogP contribution in [0.15, 0.2) is 65.5 Å². The number of halogens is 3. The minimum absolute atomic E-state index is 0.0392. The third-order valence-electron chi connectivity index (χ3n) is 6.30. The highest BCUT2D eigenvalue weighted by Gasteiger charge is 2.28. The second kappa shape index (κ2) is 8.86. The molecule has 4 heterocycles. The van der Waals surface area contributed by atoms with Gasteiger partial charge in [-0.2, -0.15) is 4.52 Å². The van der Waals surface area contributed by atoms with Crippen molar-refractivity contribution in [3.8, 4) is 22.5 Å². The van der Waals surface area contributed by atoms with Crippen molar-refractivity contribution < 1.29 is 17.9 Å². The van der Waals surface area contributed by atoms with Crippen LogP contribution >= 0.6 is 0 Å². The highest BCUT2D eigenvalue weighted by molar-refractivity contribution is 5.89. The maximum Gasteiger partial charge on any atom is 0.251 e. The summed E-state index contributed by atoms with van der Waals surface area (Å²) in [4.78, 5) is 22.1. The Hall–Kier alpha value is -4.51. The Kier molecular flexibility index (Phi) is 5.49. The monoisotopic (exact) mass is 504 g/mol. The van der Waals surface area contributed by atoms with E-state index in [9.17, 15) is 18.0 Å². The molecule has 2 aromatic carbocycles. The minimum Gasteiger partial charge on any atom is -0.377 e. The van der Waals surface area contributed by atoms with Crippen LogP contribution in [0.25, 0.3) is 28.2 Å². The van der Waals surface area contributed by atoms with Crippen molar-refractivity contribution in [1.29, 1.82) is 0 Å². The number of anilines is 1. The van der Waals surface area contributed by atoms with Crippen molar-refractivity contribution in [1.82, 2.24) is 24.1 Å². The van der Waals surface area contributed by atoms with Crippen LogP contribution in [-0.2, 0) is 11.2 Å². The summed E-state index contributed by atoms with van der Waals surface area (Å²) < 4.78 is 50.6. The summed E-state index contributed by atoms with van der Waals surface area (Å²) >= 11 is 0. The summed E-state index contributed by atoms with van der Waals surface area (Å²) in [5.74, 6) is -1.81. The fourth-order valence-corrected chi connectivity index (χ4v) is 4.44. The van der Waals surface area contributed by atoms with Gasteiger partial charge >= 0.3 is 0 Å². The van der Waals surface area contributed by atoms with Gasteiger partial charge in [0.2, 0.25) is 5.95 Å². The van der Waals surface area contributed by atoms with Gasteiger partial charge in [0.1, 0.15) is 17.5 Å². The van der Waals surface area contributed by atoms with E-state index in [0.29, 0.717) is 35.7 Å². The molecule has 3 aromatic heterocycles. The van der Waals surface area contributed by atoms with Gasteiger partial charge in [-0.3, -0.25) is 4.79 Å². The molecule has 6 rings (SSSR count). The van der Waals surface area contributed by atoms with Crippen LogP contribution in [0.4, 0.5) is 19.1 Å². The van der Waals surface area contributed by atoms with E-state index in [4.69, 9.17) is 10.5 Å². The van der Waals surface area contributed by atoms with Gasteiger partial charge in [0.15, 0.2) is 11.5 Å². The maximum absolute atomic E-state index is 14.3.